The predicted octanol–water partition coefficient (Wildman–Crippen LogP) is 4.35. The number of aliphatic carboxylic acids is 1. The van der Waals surface area contributed by atoms with Crippen molar-refractivity contribution in [2.45, 2.75) is 81.6 Å². The van der Waals surface area contributed by atoms with Crippen LogP contribution in [0.15, 0.2) is 53.4 Å². The fraction of sp³-hybridized carbons (Fsp3) is 0.452. The van der Waals surface area contributed by atoms with Crippen LogP contribution in [0.25, 0.3) is 22.4 Å². The minimum atomic E-state index is -4.23. The molecule has 0 unspecified atom stereocenters. The highest BCUT2D eigenvalue weighted by atomic mass is 32.2. The normalized spacial score (nSPS) is 17.7. The van der Waals surface area contributed by atoms with Gasteiger partial charge in [0.15, 0.2) is 0 Å². The molecule has 0 aliphatic carbocycles. The maximum Gasteiger partial charge on any atom is 0.305 e. The first-order valence-electron chi connectivity index (χ1n) is 14.3. The van der Waals surface area contributed by atoms with Crippen LogP contribution in [-0.4, -0.2) is 75.1 Å². The van der Waals surface area contributed by atoms with E-state index in [2.05, 4.69) is 0 Å². The van der Waals surface area contributed by atoms with Crippen LogP contribution < -0.4 is 0 Å². The molecule has 4 N–H and O–H groups in total. The lowest BCUT2D eigenvalue weighted by Crippen LogP contribution is -2.42. The first-order valence-corrected chi connectivity index (χ1v) is 15.8. The van der Waals surface area contributed by atoms with Gasteiger partial charge in [-0.15, -0.1) is 0 Å². The minimum absolute atomic E-state index is 0.0112. The molecule has 9 nitrogen and oxygen atoms in total. The molecule has 1 fully saturated rings. The molecule has 1 aromatic heterocycles. The number of aromatic nitrogens is 1. The smallest absolute Gasteiger partial charge is 0.305 e. The molecule has 43 heavy (non-hydrogen) atoms. The average Bonchev–Trinajstić information content (AvgIpc) is 3.28. The molecule has 0 amide bonds. The zero-order valence-electron chi connectivity index (χ0n) is 24.2. The lowest BCUT2D eigenvalue weighted by molar-refractivity contribution is -0.139. The van der Waals surface area contributed by atoms with Crippen LogP contribution in [0, 0.1) is 11.6 Å². The summed E-state index contributed by atoms with van der Waals surface area (Å²) in [6.07, 6.45) is -2.94. The standard InChI is InChI=1S/C31H38F2N2O7S/c1-19(2)29-31(43(41,42)34-14-3-4-25(37)18-34)28(20-5-9-22(32)10-6-20)30(21-7-11-23(33)12-8-21)35(29)15-13-24(36)16-26(38)17-27(39)40/h5-12,19,24-26,36-38H,3-4,13-18H2,1-2H3,(H,39,40)/t24-,25-,26-/m1/s1. The number of carboxylic acid groups (broad SMARTS) is 1. The molecule has 4 rings (SSSR count). The fourth-order valence-corrected chi connectivity index (χ4v) is 7.82. The molecule has 1 saturated heterocycles. The molecular formula is C31H38F2N2O7S. The van der Waals surface area contributed by atoms with Gasteiger partial charge in [0, 0.05) is 30.9 Å². The van der Waals surface area contributed by atoms with Gasteiger partial charge in [0.05, 0.1) is 30.4 Å². The Kier molecular flexibility index (Phi) is 10.4. The molecule has 0 spiro atoms. The number of nitrogens with zero attached hydrogens (tertiary/aromatic N) is 2. The summed E-state index contributed by atoms with van der Waals surface area (Å²) in [7, 11) is -4.23. The highest BCUT2D eigenvalue weighted by molar-refractivity contribution is 7.89. The lowest BCUT2D eigenvalue weighted by atomic mass is 10.00. The quantitative estimate of drug-likeness (QED) is 0.236. The van der Waals surface area contributed by atoms with Crippen molar-refractivity contribution in [2.75, 3.05) is 13.1 Å². The molecule has 0 bridgehead atoms. The third-order valence-corrected chi connectivity index (χ3v) is 9.59. The van der Waals surface area contributed by atoms with Crippen LogP contribution in [0.4, 0.5) is 8.78 Å². The predicted molar refractivity (Wildman–Crippen MR) is 157 cm³/mol. The number of aliphatic hydroxyl groups is 3. The van der Waals surface area contributed by atoms with E-state index < -0.39 is 52.4 Å². The summed E-state index contributed by atoms with van der Waals surface area (Å²) >= 11 is 0. The Morgan fingerprint density at radius 1 is 0.977 bits per heavy atom. The highest BCUT2D eigenvalue weighted by Crippen LogP contribution is 2.46. The van der Waals surface area contributed by atoms with Gasteiger partial charge in [-0.3, -0.25) is 4.79 Å². The Bertz CT molecular complexity index is 1520. The van der Waals surface area contributed by atoms with E-state index in [1.807, 2.05) is 13.8 Å². The maximum absolute atomic E-state index is 14.5. The van der Waals surface area contributed by atoms with E-state index in [9.17, 15) is 37.3 Å². The number of piperidine rings is 1. The number of hydrogen-bond acceptors (Lipinski definition) is 6. The van der Waals surface area contributed by atoms with Crippen LogP contribution in [0.2, 0.25) is 0 Å². The van der Waals surface area contributed by atoms with Crippen molar-refractivity contribution in [3.63, 3.8) is 0 Å². The van der Waals surface area contributed by atoms with E-state index in [4.69, 9.17) is 5.11 Å². The molecule has 1 aliphatic rings. The van der Waals surface area contributed by atoms with Crippen molar-refractivity contribution in [2.24, 2.45) is 0 Å². The van der Waals surface area contributed by atoms with Gasteiger partial charge >= 0.3 is 5.97 Å². The summed E-state index contributed by atoms with van der Waals surface area (Å²) in [6.45, 7) is 3.85. The molecular weight excluding hydrogens is 582 g/mol. The number of rotatable bonds is 12. The topological polar surface area (TPSA) is 140 Å². The number of aliphatic hydroxyl groups excluding tert-OH is 3. The number of hydrogen-bond donors (Lipinski definition) is 4. The van der Waals surface area contributed by atoms with Crippen LogP contribution >= 0.6 is 0 Å². The first-order chi connectivity index (χ1) is 20.3. The molecule has 2 aromatic carbocycles. The minimum Gasteiger partial charge on any atom is -0.481 e. The molecule has 1 aliphatic heterocycles. The summed E-state index contributed by atoms with van der Waals surface area (Å²) in [5, 5.41) is 40.1. The van der Waals surface area contributed by atoms with E-state index in [1.54, 1.807) is 4.57 Å². The highest BCUT2D eigenvalue weighted by Gasteiger charge is 2.39. The number of halogens is 2. The first kappa shape index (κ1) is 32.7. The van der Waals surface area contributed by atoms with Crippen molar-refractivity contribution in [3.05, 3.63) is 65.9 Å². The maximum atomic E-state index is 14.5. The van der Waals surface area contributed by atoms with Gasteiger partial charge in [0.2, 0.25) is 10.0 Å². The van der Waals surface area contributed by atoms with E-state index >= 15 is 0 Å². The molecule has 234 valence electrons. The van der Waals surface area contributed by atoms with Gasteiger partial charge in [0.1, 0.15) is 16.5 Å². The van der Waals surface area contributed by atoms with Crippen LogP contribution in [0.5, 0.6) is 0 Å². The zero-order chi connectivity index (χ0) is 31.5. The lowest BCUT2D eigenvalue weighted by Gasteiger charge is -2.30. The third kappa shape index (κ3) is 7.50. The number of β-amino-alcohol motifs (C(OH)–C–C–N with tert-alkyl or cyclic N) is 1. The van der Waals surface area contributed by atoms with Crippen LogP contribution in [0.3, 0.4) is 0 Å². The summed E-state index contributed by atoms with van der Waals surface area (Å²) in [6, 6.07) is 11.0. The van der Waals surface area contributed by atoms with Crippen LogP contribution in [-0.2, 0) is 21.4 Å². The van der Waals surface area contributed by atoms with Crippen molar-refractivity contribution in [1.82, 2.24) is 8.87 Å². The van der Waals surface area contributed by atoms with Gasteiger partial charge in [0.25, 0.3) is 0 Å². The Labute approximate surface area is 250 Å². The molecule has 3 aromatic rings. The monoisotopic (exact) mass is 620 g/mol. The average molecular weight is 621 g/mol. The second-order valence-electron chi connectivity index (χ2n) is 11.3. The molecule has 0 saturated carbocycles. The molecule has 3 atom stereocenters. The van der Waals surface area contributed by atoms with E-state index in [0.717, 1.165) is 0 Å². The Morgan fingerprint density at radius 2 is 1.56 bits per heavy atom. The van der Waals surface area contributed by atoms with Crippen molar-refractivity contribution in [1.29, 1.82) is 0 Å². The Morgan fingerprint density at radius 3 is 2.09 bits per heavy atom. The van der Waals surface area contributed by atoms with Gasteiger partial charge in [-0.05, 0) is 79.1 Å². The molecule has 2 heterocycles. The second kappa shape index (κ2) is 13.6. The number of sulfonamides is 1. The van der Waals surface area contributed by atoms with Gasteiger partial charge in [-0.2, -0.15) is 4.31 Å². The van der Waals surface area contributed by atoms with E-state index in [-0.39, 0.29) is 48.9 Å². The fourth-order valence-electron chi connectivity index (χ4n) is 5.74. The van der Waals surface area contributed by atoms with Crippen LogP contribution in [0.1, 0.15) is 57.6 Å². The molecule has 12 heteroatoms. The zero-order valence-corrected chi connectivity index (χ0v) is 25.0. The largest absolute Gasteiger partial charge is 0.481 e. The van der Waals surface area contributed by atoms with Gasteiger partial charge in [-0.25, -0.2) is 17.2 Å². The van der Waals surface area contributed by atoms with Crippen molar-refractivity contribution >= 4 is 16.0 Å². The molecule has 0 radical (unpaired) electrons. The SMILES string of the molecule is CC(C)c1c(S(=O)(=O)N2CCC[C@@H](O)C2)c(-c2ccc(F)cc2)c(-c2ccc(F)cc2)n1CC[C@@H](O)C[C@@H](O)CC(=O)O. The summed E-state index contributed by atoms with van der Waals surface area (Å²) < 4.78 is 60.1. The Hall–Kier alpha value is -3.16. The van der Waals surface area contributed by atoms with E-state index in [1.165, 1.54) is 52.8 Å². The van der Waals surface area contributed by atoms with Crippen molar-refractivity contribution < 1.29 is 42.4 Å². The number of benzene rings is 2. The summed E-state index contributed by atoms with van der Waals surface area (Å²) in [5.41, 5.74) is 2.02. The van der Waals surface area contributed by atoms with Gasteiger partial charge < -0.3 is 25.0 Å². The third-order valence-electron chi connectivity index (χ3n) is 7.65. The summed E-state index contributed by atoms with van der Waals surface area (Å²) in [5.74, 6) is -2.58. The van der Waals surface area contributed by atoms with Gasteiger partial charge in [-0.1, -0.05) is 26.0 Å². The second-order valence-corrected chi connectivity index (χ2v) is 13.2. The Balaban J connectivity index is 1.97. The number of carboxylic acids is 1. The summed E-state index contributed by atoms with van der Waals surface area (Å²) in [4.78, 5) is 11.0. The van der Waals surface area contributed by atoms with E-state index in [0.29, 0.717) is 35.4 Å². The van der Waals surface area contributed by atoms with Crippen molar-refractivity contribution in [3.8, 4) is 22.4 Å². The number of carbonyl (C=O) groups is 1.